The highest BCUT2D eigenvalue weighted by molar-refractivity contribution is 5.95. The van der Waals surface area contributed by atoms with Gasteiger partial charge in [-0.25, -0.2) is 8.78 Å². The van der Waals surface area contributed by atoms with Gasteiger partial charge in [-0.15, -0.1) is 0 Å². The fourth-order valence-electron chi connectivity index (χ4n) is 3.53. The van der Waals surface area contributed by atoms with Crippen LogP contribution in [0.3, 0.4) is 0 Å². The fraction of sp³-hybridized carbons (Fsp3) is 0.364. The largest absolute Gasteiger partial charge is 0.336 e. The van der Waals surface area contributed by atoms with E-state index in [1.165, 1.54) is 24.3 Å². The van der Waals surface area contributed by atoms with E-state index in [0.717, 1.165) is 5.56 Å². The van der Waals surface area contributed by atoms with Crippen LogP contribution in [0.1, 0.15) is 36.2 Å². The number of hydrogen-bond acceptors (Lipinski definition) is 2. The van der Waals surface area contributed by atoms with Gasteiger partial charge in [0.05, 0.1) is 11.6 Å². The van der Waals surface area contributed by atoms with Crippen molar-refractivity contribution >= 4 is 11.8 Å². The molecular weight excluding hydrogens is 362 g/mol. The third-order valence-electron chi connectivity index (χ3n) is 5.15. The van der Waals surface area contributed by atoms with Crippen LogP contribution in [0.5, 0.6) is 0 Å². The molecule has 0 bridgehead atoms. The van der Waals surface area contributed by atoms with E-state index >= 15 is 0 Å². The Hall–Kier alpha value is -2.76. The highest BCUT2D eigenvalue weighted by atomic mass is 19.1. The van der Waals surface area contributed by atoms with Gasteiger partial charge in [0.25, 0.3) is 5.91 Å². The number of halogens is 2. The lowest BCUT2D eigenvalue weighted by Crippen LogP contribution is -2.47. The maximum absolute atomic E-state index is 14.1. The average Bonchev–Trinajstić information content (AvgIpc) is 2.83. The van der Waals surface area contributed by atoms with Crippen molar-refractivity contribution in [3.05, 3.63) is 71.3 Å². The zero-order chi connectivity index (χ0) is 20.3. The smallest absolute Gasteiger partial charge is 0.256 e. The summed E-state index contributed by atoms with van der Waals surface area (Å²) in [5, 5.41) is 0. The minimum Gasteiger partial charge on any atom is -0.336 e. The topological polar surface area (TPSA) is 40.6 Å². The van der Waals surface area contributed by atoms with Crippen LogP contribution in [0.2, 0.25) is 0 Å². The summed E-state index contributed by atoms with van der Waals surface area (Å²) in [5.41, 5.74) is 0.846. The van der Waals surface area contributed by atoms with Crippen molar-refractivity contribution in [3.8, 4) is 0 Å². The lowest BCUT2D eigenvalue weighted by atomic mass is 10.0. The van der Waals surface area contributed by atoms with Crippen molar-refractivity contribution < 1.29 is 18.4 Å². The molecule has 0 saturated carbocycles. The third kappa shape index (κ3) is 4.38. The summed E-state index contributed by atoms with van der Waals surface area (Å²) in [6.45, 7) is 4.91. The summed E-state index contributed by atoms with van der Waals surface area (Å²) in [4.78, 5) is 29.0. The highest BCUT2D eigenvalue weighted by Gasteiger charge is 2.34. The summed E-state index contributed by atoms with van der Waals surface area (Å²) < 4.78 is 27.3. The molecule has 6 heteroatoms. The van der Waals surface area contributed by atoms with Gasteiger partial charge in [-0.1, -0.05) is 38.1 Å². The lowest BCUT2D eigenvalue weighted by molar-refractivity contribution is -0.134. The molecule has 148 valence electrons. The minimum absolute atomic E-state index is 0.0180. The number of carbonyl (C=O) groups excluding carboxylic acids is 2. The monoisotopic (exact) mass is 386 g/mol. The first-order valence-corrected chi connectivity index (χ1v) is 9.44. The molecular formula is C22H24F2N2O2. The van der Waals surface area contributed by atoms with Crippen LogP contribution in [0.25, 0.3) is 0 Å². The van der Waals surface area contributed by atoms with Crippen molar-refractivity contribution in [2.24, 2.45) is 5.92 Å². The second-order valence-corrected chi connectivity index (χ2v) is 7.44. The molecule has 0 unspecified atom stereocenters. The van der Waals surface area contributed by atoms with Gasteiger partial charge in [-0.3, -0.25) is 9.59 Å². The van der Waals surface area contributed by atoms with E-state index in [1.807, 2.05) is 13.8 Å². The Bertz CT molecular complexity index is 852. The quantitative estimate of drug-likeness (QED) is 0.801. The van der Waals surface area contributed by atoms with Gasteiger partial charge in [0.15, 0.2) is 0 Å². The maximum atomic E-state index is 14.1. The summed E-state index contributed by atoms with van der Waals surface area (Å²) in [6.07, 6.45) is 0.171. The summed E-state index contributed by atoms with van der Waals surface area (Å²) >= 11 is 0. The molecule has 2 amide bonds. The van der Waals surface area contributed by atoms with Crippen LogP contribution >= 0.6 is 0 Å². The lowest BCUT2D eigenvalue weighted by Gasteiger charge is -2.34. The van der Waals surface area contributed by atoms with Crippen molar-refractivity contribution in [1.29, 1.82) is 0 Å². The molecule has 1 saturated heterocycles. The van der Waals surface area contributed by atoms with Crippen LogP contribution in [0.15, 0.2) is 48.5 Å². The second kappa shape index (κ2) is 8.50. The van der Waals surface area contributed by atoms with Crippen LogP contribution in [0, 0.1) is 17.6 Å². The molecule has 1 atom stereocenters. The zero-order valence-corrected chi connectivity index (χ0v) is 16.1. The average molecular weight is 386 g/mol. The highest BCUT2D eigenvalue weighted by Crippen LogP contribution is 2.23. The number of amides is 2. The Morgan fingerprint density at radius 3 is 2.43 bits per heavy atom. The molecule has 0 aliphatic carbocycles. The number of rotatable bonds is 4. The van der Waals surface area contributed by atoms with Crippen molar-refractivity contribution in [2.75, 3.05) is 13.1 Å². The van der Waals surface area contributed by atoms with E-state index in [0.29, 0.717) is 13.1 Å². The van der Waals surface area contributed by atoms with E-state index in [4.69, 9.17) is 0 Å². The van der Waals surface area contributed by atoms with E-state index in [9.17, 15) is 18.4 Å². The molecule has 2 aromatic carbocycles. The number of benzene rings is 2. The van der Waals surface area contributed by atoms with Gasteiger partial charge in [0.1, 0.15) is 11.6 Å². The second-order valence-electron chi connectivity index (χ2n) is 7.44. The number of hydrogen-bond donors (Lipinski definition) is 0. The molecule has 2 aromatic rings. The van der Waals surface area contributed by atoms with Crippen LogP contribution in [-0.2, 0) is 11.3 Å². The SMILES string of the molecule is CC(C)[C@@H]1CN(C(=O)c2ccccc2F)CCC(=O)N1Cc1ccc(F)cc1. The summed E-state index contributed by atoms with van der Waals surface area (Å²) in [6, 6.07) is 11.7. The maximum Gasteiger partial charge on any atom is 0.256 e. The van der Waals surface area contributed by atoms with E-state index in [2.05, 4.69) is 0 Å². The van der Waals surface area contributed by atoms with Crippen molar-refractivity contribution in [3.63, 3.8) is 0 Å². The first-order valence-electron chi connectivity index (χ1n) is 9.44. The van der Waals surface area contributed by atoms with Gasteiger partial charge in [-0.05, 0) is 35.7 Å². The van der Waals surface area contributed by atoms with E-state index in [1.54, 1.807) is 34.1 Å². The van der Waals surface area contributed by atoms with Gasteiger partial charge in [0.2, 0.25) is 5.91 Å². The van der Waals surface area contributed by atoms with Crippen molar-refractivity contribution in [2.45, 2.75) is 32.9 Å². The van der Waals surface area contributed by atoms with Gasteiger partial charge in [0, 0.05) is 26.1 Å². The van der Waals surface area contributed by atoms with E-state index in [-0.39, 0.29) is 42.2 Å². The molecule has 28 heavy (non-hydrogen) atoms. The van der Waals surface area contributed by atoms with Crippen LogP contribution < -0.4 is 0 Å². The summed E-state index contributed by atoms with van der Waals surface area (Å²) in [7, 11) is 0. The van der Waals surface area contributed by atoms with E-state index < -0.39 is 11.7 Å². The molecule has 0 spiro atoms. The summed E-state index contributed by atoms with van der Waals surface area (Å²) in [5.74, 6) is -1.26. The third-order valence-corrected chi connectivity index (χ3v) is 5.15. The minimum atomic E-state index is -0.563. The number of carbonyl (C=O) groups is 2. The Kier molecular flexibility index (Phi) is 6.07. The van der Waals surface area contributed by atoms with Gasteiger partial charge < -0.3 is 9.80 Å². The first kappa shape index (κ1) is 20.0. The molecule has 0 radical (unpaired) electrons. The first-order chi connectivity index (χ1) is 13.4. The predicted octanol–water partition coefficient (Wildman–Crippen LogP) is 3.86. The van der Waals surface area contributed by atoms with Crippen LogP contribution in [-0.4, -0.2) is 40.7 Å². The molecule has 1 heterocycles. The standard InChI is InChI=1S/C22H24F2N2O2/c1-15(2)20-14-25(22(28)18-5-3-4-6-19(18)24)12-11-21(27)26(20)13-16-7-9-17(23)10-8-16/h3-10,15,20H,11-14H2,1-2H3/t20-/m0/s1. The molecule has 3 rings (SSSR count). The Balaban J connectivity index is 1.84. The number of nitrogens with zero attached hydrogens (tertiary/aromatic N) is 2. The predicted molar refractivity (Wildman–Crippen MR) is 102 cm³/mol. The van der Waals surface area contributed by atoms with Gasteiger partial charge >= 0.3 is 0 Å². The molecule has 0 aromatic heterocycles. The Morgan fingerprint density at radius 2 is 1.79 bits per heavy atom. The molecule has 1 aliphatic heterocycles. The Labute approximate surface area is 163 Å². The molecule has 0 N–H and O–H groups in total. The Morgan fingerprint density at radius 1 is 1.11 bits per heavy atom. The normalized spacial score (nSPS) is 17.8. The zero-order valence-electron chi connectivity index (χ0n) is 16.1. The van der Waals surface area contributed by atoms with Gasteiger partial charge in [-0.2, -0.15) is 0 Å². The molecule has 1 fully saturated rings. The van der Waals surface area contributed by atoms with Crippen molar-refractivity contribution in [1.82, 2.24) is 9.80 Å². The fourth-order valence-corrected chi connectivity index (χ4v) is 3.53. The van der Waals surface area contributed by atoms with Crippen LogP contribution in [0.4, 0.5) is 8.78 Å². The molecule has 1 aliphatic rings. The molecule has 4 nitrogen and oxygen atoms in total.